The number of hydrogen-bond acceptors (Lipinski definition) is 4. The van der Waals surface area contributed by atoms with E-state index in [-0.39, 0.29) is 11.9 Å². The first kappa shape index (κ1) is 17.9. The number of rotatable bonds is 6. The van der Waals surface area contributed by atoms with E-state index in [1.54, 1.807) is 23.3 Å². The number of benzene rings is 2. The van der Waals surface area contributed by atoms with Crippen LogP contribution in [-0.2, 0) is 6.54 Å². The largest absolute Gasteiger partial charge is 0.344 e. The van der Waals surface area contributed by atoms with Crippen molar-refractivity contribution in [3.8, 4) is 0 Å². The van der Waals surface area contributed by atoms with Gasteiger partial charge in [-0.1, -0.05) is 54.6 Å². The molecule has 0 fully saturated rings. The van der Waals surface area contributed by atoms with Gasteiger partial charge in [-0.2, -0.15) is 0 Å². The minimum atomic E-state index is -0.229. The standard InChI is InChI=1S/C22H21N5O/c1-2-20(17-10-12-23-13-11-17)24-22(28)21-15-27(26-25-21)14-18-8-5-7-16-6-3-4-9-19(16)18/h3-13,15,20H,2,14H2,1H3,(H,24,28)/t20-/m0/s1. The van der Waals surface area contributed by atoms with Crippen molar-refractivity contribution in [2.75, 3.05) is 0 Å². The van der Waals surface area contributed by atoms with Gasteiger partial charge in [-0.3, -0.25) is 9.78 Å². The quantitative estimate of drug-likeness (QED) is 0.560. The first-order valence-corrected chi connectivity index (χ1v) is 9.32. The average Bonchev–Trinajstić information content (AvgIpc) is 3.21. The lowest BCUT2D eigenvalue weighted by Gasteiger charge is -2.16. The van der Waals surface area contributed by atoms with Crippen molar-refractivity contribution in [3.05, 3.63) is 90.0 Å². The van der Waals surface area contributed by atoms with E-state index in [9.17, 15) is 4.79 Å². The van der Waals surface area contributed by atoms with Crippen molar-refractivity contribution in [2.45, 2.75) is 25.9 Å². The number of hydrogen-bond donors (Lipinski definition) is 1. The highest BCUT2D eigenvalue weighted by Crippen LogP contribution is 2.19. The molecule has 0 unspecified atom stereocenters. The summed E-state index contributed by atoms with van der Waals surface area (Å²) in [7, 11) is 0. The van der Waals surface area contributed by atoms with Gasteiger partial charge in [-0.15, -0.1) is 5.10 Å². The van der Waals surface area contributed by atoms with Gasteiger partial charge in [-0.05, 0) is 40.5 Å². The van der Waals surface area contributed by atoms with Crippen LogP contribution >= 0.6 is 0 Å². The Hall–Kier alpha value is -3.54. The van der Waals surface area contributed by atoms with E-state index in [1.165, 1.54) is 10.8 Å². The first-order chi connectivity index (χ1) is 13.7. The Morgan fingerprint density at radius 3 is 2.68 bits per heavy atom. The molecule has 6 heteroatoms. The number of fused-ring (bicyclic) bond motifs is 1. The zero-order chi connectivity index (χ0) is 19.3. The van der Waals surface area contributed by atoms with Gasteiger partial charge in [-0.25, -0.2) is 4.68 Å². The topological polar surface area (TPSA) is 72.7 Å². The summed E-state index contributed by atoms with van der Waals surface area (Å²) >= 11 is 0. The highest BCUT2D eigenvalue weighted by molar-refractivity contribution is 5.92. The zero-order valence-electron chi connectivity index (χ0n) is 15.6. The molecule has 4 aromatic rings. The second kappa shape index (κ2) is 8.00. The fraction of sp³-hybridized carbons (Fsp3) is 0.182. The lowest BCUT2D eigenvalue weighted by Crippen LogP contribution is -2.28. The minimum absolute atomic E-state index is 0.0845. The number of nitrogens with zero attached hydrogens (tertiary/aromatic N) is 4. The summed E-state index contributed by atoms with van der Waals surface area (Å²) in [5.74, 6) is -0.229. The molecule has 1 amide bonds. The van der Waals surface area contributed by atoms with Crippen LogP contribution in [0.5, 0.6) is 0 Å². The van der Waals surface area contributed by atoms with Crippen molar-refractivity contribution >= 4 is 16.7 Å². The molecule has 0 saturated heterocycles. The van der Waals surface area contributed by atoms with E-state index in [0.29, 0.717) is 12.2 Å². The summed E-state index contributed by atoms with van der Waals surface area (Å²) in [6, 6.07) is 18.1. The van der Waals surface area contributed by atoms with Crippen molar-refractivity contribution < 1.29 is 4.79 Å². The van der Waals surface area contributed by atoms with E-state index in [4.69, 9.17) is 0 Å². The van der Waals surface area contributed by atoms with E-state index in [0.717, 1.165) is 17.5 Å². The van der Waals surface area contributed by atoms with Gasteiger partial charge in [0, 0.05) is 12.4 Å². The average molecular weight is 371 g/mol. The normalized spacial score (nSPS) is 12.0. The molecule has 4 rings (SSSR count). The number of carbonyl (C=O) groups is 1. The predicted molar refractivity (Wildman–Crippen MR) is 108 cm³/mol. The number of nitrogens with one attached hydrogen (secondary N) is 1. The van der Waals surface area contributed by atoms with E-state index < -0.39 is 0 Å². The Kier molecular flexibility index (Phi) is 5.10. The Morgan fingerprint density at radius 2 is 1.86 bits per heavy atom. The van der Waals surface area contributed by atoms with Crippen LogP contribution < -0.4 is 5.32 Å². The summed E-state index contributed by atoms with van der Waals surface area (Å²) < 4.78 is 1.70. The van der Waals surface area contributed by atoms with Crippen molar-refractivity contribution in [1.82, 2.24) is 25.3 Å². The van der Waals surface area contributed by atoms with Gasteiger partial charge in [0.05, 0.1) is 18.8 Å². The first-order valence-electron chi connectivity index (χ1n) is 9.32. The zero-order valence-corrected chi connectivity index (χ0v) is 15.6. The van der Waals surface area contributed by atoms with Crippen LogP contribution in [0.25, 0.3) is 10.8 Å². The lowest BCUT2D eigenvalue weighted by atomic mass is 10.0. The smallest absolute Gasteiger partial charge is 0.273 e. The summed E-state index contributed by atoms with van der Waals surface area (Å²) in [5.41, 5.74) is 2.47. The minimum Gasteiger partial charge on any atom is -0.344 e. The molecule has 1 atom stereocenters. The number of aromatic nitrogens is 4. The highest BCUT2D eigenvalue weighted by atomic mass is 16.2. The van der Waals surface area contributed by atoms with E-state index in [1.807, 2.05) is 37.3 Å². The third-order valence-corrected chi connectivity index (χ3v) is 4.81. The van der Waals surface area contributed by atoms with Crippen LogP contribution in [0, 0.1) is 0 Å². The highest BCUT2D eigenvalue weighted by Gasteiger charge is 2.17. The molecule has 2 aromatic heterocycles. The maximum atomic E-state index is 12.6. The fourth-order valence-corrected chi connectivity index (χ4v) is 3.33. The molecule has 0 aliphatic carbocycles. The molecule has 0 aliphatic heterocycles. The molecule has 0 radical (unpaired) electrons. The van der Waals surface area contributed by atoms with Crippen LogP contribution in [0.15, 0.2) is 73.2 Å². The molecule has 28 heavy (non-hydrogen) atoms. The SMILES string of the molecule is CC[C@H](NC(=O)c1cn(Cc2cccc3ccccc23)nn1)c1ccncc1. The maximum Gasteiger partial charge on any atom is 0.273 e. The van der Waals surface area contributed by atoms with Crippen LogP contribution in [0.2, 0.25) is 0 Å². The Bertz CT molecular complexity index is 1090. The van der Waals surface area contributed by atoms with Gasteiger partial charge >= 0.3 is 0 Å². The van der Waals surface area contributed by atoms with Crippen LogP contribution in [-0.4, -0.2) is 25.9 Å². The molecule has 6 nitrogen and oxygen atoms in total. The lowest BCUT2D eigenvalue weighted by molar-refractivity contribution is 0.0930. The Balaban J connectivity index is 1.50. The molecule has 2 aromatic carbocycles. The third kappa shape index (κ3) is 3.76. The van der Waals surface area contributed by atoms with E-state index >= 15 is 0 Å². The molecular weight excluding hydrogens is 350 g/mol. The van der Waals surface area contributed by atoms with Gasteiger partial charge in [0.25, 0.3) is 5.91 Å². The third-order valence-electron chi connectivity index (χ3n) is 4.81. The summed E-state index contributed by atoms with van der Waals surface area (Å²) in [6.07, 6.45) is 5.92. The van der Waals surface area contributed by atoms with E-state index in [2.05, 4.69) is 44.9 Å². The van der Waals surface area contributed by atoms with Gasteiger partial charge in [0.1, 0.15) is 0 Å². The van der Waals surface area contributed by atoms with Gasteiger partial charge in [0.2, 0.25) is 0 Å². The van der Waals surface area contributed by atoms with Gasteiger partial charge < -0.3 is 5.32 Å². The molecule has 0 aliphatic rings. The van der Waals surface area contributed by atoms with Crippen molar-refractivity contribution in [2.24, 2.45) is 0 Å². The summed E-state index contributed by atoms with van der Waals surface area (Å²) in [4.78, 5) is 16.6. The van der Waals surface area contributed by atoms with Crippen molar-refractivity contribution in [3.63, 3.8) is 0 Å². The van der Waals surface area contributed by atoms with Crippen molar-refractivity contribution in [1.29, 1.82) is 0 Å². The second-order valence-electron chi connectivity index (χ2n) is 6.65. The fourth-order valence-electron chi connectivity index (χ4n) is 3.33. The molecular formula is C22H21N5O. The second-order valence-corrected chi connectivity index (χ2v) is 6.65. The van der Waals surface area contributed by atoms with Crippen LogP contribution in [0.3, 0.4) is 0 Å². The number of pyridine rings is 1. The molecule has 0 saturated carbocycles. The maximum absolute atomic E-state index is 12.6. The molecule has 1 N–H and O–H groups in total. The predicted octanol–water partition coefficient (Wildman–Crippen LogP) is 3.76. The Labute approximate surface area is 163 Å². The Morgan fingerprint density at radius 1 is 1.07 bits per heavy atom. The molecule has 2 heterocycles. The summed E-state index contributed by atoms with van der Waals surface area (Å²) in [6.45, 7) is 2.59. The van der Waals surface area contributed by atoms with Crippen LogP contribution in [0.4, 0.5) is 0 Å². The van der Waals surface area contributed by atoms with Gasteiger partial charge in [0.15, 0.2) is 5.69 Å². The molecule has 0 spiro atoms. The monoisotopic (exact) mass is 371 g/mol. The number of amides is 1. The number of carbonyl (C=O) groups excluding carboxylic acids is 1. The summed E-state index contributed by atoms with van der Waals surface area (Å²) in [5, 5.41) is 13.6. The molecule has 0 bridgehead atoms. The van der Waals surface area contributed by atoms with Crippen LogP contribution in [0.1, 0.15) is 41.0 Å². The molecule has 140 valence electrons.